The van der Waals surface area contributed by atoms with Gasteiger partial charge in [0.05, 0.1) is 7.11 Å². The Morgan fingerprint density at radius 3 is 2.58 bits per heavy atom. The number of carbonyl (C=O) groups excluding carboxylic acids is 1. The Hall–Kier alpha value is -1.26. The predicted octanol–water partition coefficient (Wildman–Crippen LogP) is 2.24. The molecule has 1 saturated heterocycles. The van der Waals surface area contributed by atoms with Crippen LogP contribution in [0.25, 0.3) is 0 Å². The van der Waals surface area contributed by atoms with E-state index in [1.807, 2.05) is 26.0 Å². The fourth-order valence-electron chi connectivity index (χ4n) is 2.28. The van der Waals surface area contributed by atoms with E-state index in [1.165, 1.54) is 7.11 Å². The van der Waals surface area contributed by atoms with Crippen molar-refractivity contribution in [1.29, 1.82) is 0 Å². The lowest BCUT2D eigenvalue weighted by atomic mass is 10.1. The molecule has 0 amide bonds. The molecule has 1 aliphatic rings. The molecule has 1 aliphatic heterocycles. The predicted molar refractivity (Wildman–Crippen MR) is 73.8 cm³/mol. The Labute approximate surface area is 118 Å². The third-order valence-electron chi connectivity index (χ3n) is 3.29. The van der Waals surface area contributed by atoms with Gasteiger partial charge in [-0.1, -0.05) is 11.6 Å². The normalized spacial score (nSPS) is 22.3. The molecule has 0 saturated carbocycles. The van der Waals surface area contributed by atoms with Crippen molar-refractivity contribution < 1.29 is 14.3 Å². The number of nitrogens with one attached hydrogen (secondary N) is 1. The van der Waals surface area contributed by atoms with E-state index in [-0.39, 0.29) is 18.1 Å². The van der Waals surface area contributed by atoms with Gasteiger partial charge in [0.25, 0.3) is 0 Å². The van der Waals surface area contributed by atoms with Crippen molar-refractivity contribution in [3.8, 4) is 5.75 Å². The van der Waals surface area contributed by atoms with Crippen LogP contribution in [0.15, 0.2) is 12.1 Å². The number of hydrogen-bond acceptors (Lipinski definition) is 4. The SMILES string of the molecule is COC(=O)[C@H]1C[C@@H](Oc2cc(C)c(Cl)c(C)c2)CN1. The van der Waals surface area contributed by atoms with Crippen molar-refractivity contribution >= 4 is 17.6 Å². The van der Waals surface area contributed by atoms with Crippen LogP contribution in [-0.4, -0.2) is 31.8 Å². The van der Waals surface area contributed by atoms with E-state index >= 15 is 0 Å². The minimum Gasteiger partial charge on any atom is -0.489 e. The Balaban J connectivity index is 2.01. The summed E-state index contributed by atoms with van der Waals surface area (Å²) in [4.78, 5) is 11.4. The number of ether oxygens (including phenoxy) is 2. The summed E-state index contributed by atoms with van der Waals surface area (Å²) in [5.74, 6) is 0.547. The summed E-state index contributed by atoms with van der Waals surface area (Å²) in [5.41, 5.74) is 1.99. The van der Waals surface area contributed by atoms with E-state index in [0.29, 0.717) is 13.0 Å². The van der Waals surface area contributed by atoms with E-state index < -0.39 is 0 Å². The number of rotatable bonds is 3. The monoisotopic (exact) mass is 283 g/mol. The zero-order chi connectivity index (χ0) is 14.0. The third kappa shape index (κ3) is 3.19. The molecule has 1 heterocycles. The Morgan fingerprint density at radius 1 is 1.37 bits per heavy atom. The summed E-state index contributed by atoms with van der Waals surface area (Å²) in [5, 5.41) is 3.86. The van der Waals surface area contributed by atoms with E-state index in [1.54, 1.807) is 0 Å². The molecule has 1 N–H and O–H groups in total. The van der Waals surface area contributed by atoms with Crippen molar-refractivity contribution in [2.45, 2.75) is 32.4 Å². The second-order valence-electron chi connectivity index (χ2n) is 4.83. The Bertz CT molecular complexity index is 467. The summed E-state index contributed by atoms with van der Waals surface area (Å²) < 4.78 is 10.6. The summed E-state index contributed by atoms with van der Waals surface area (Å²) in [6.07, 6.45) is 0.594. The average molecular weight is 284 g/mol. The molecule has 1 aromatic carbocycles. The maximum absolute atomic E-state index is 11.4. The van der Waals surface area contributed by atoms with Gasteiger partial charge in [0.1, 0.15) is 17.9 Å². The van der Waals surface area contributed by atoms with Crippen molar-refractivity contribution in [3.63, 3.8) is 0 Å². The fraction of sp³-hybridized carbons (Fsp3) is 0.500. The second kappa shape index (κ2) is 5.80. The average Bonchev–Trinajstić information content (AvgIpc) is 2.83. The molecule has 0 spiro atoms. The van der Waals surface area contributed by atoms with Gasteiger partial charge in [-0.15, -0.1) is 0 Å². The molecule has 2 atom stereocenters. The van der Waals surface area contributed by atoms with Crippen molar-refractivity contribution in [2.75, 3.05) is 13.7 Å². The summed E-state index contributed by atoms with van der Waals surface area (Å²) in [6, 6.07) is 3.56. The largest absolute Gasteiger partial charge is 0.489 e. The van der Waals surface area contributed by atoms with Gasteiger partial charge >= 0.3 is 5.97 Å². The fourth-order valence-corrected chi connectivity index (χ4v) is 2.39. The number of hydrogen-bond donors (Lipinski definition) is 1. The number of halogens is 1. The molecule has 5 heteroatoms. The van der Waals surface area contributed by atoms with Crippen LogP contribution in [0, 0.1) is 13.8 Å². The molecule has 0 radical (unpaired) electrons. The van der Waals surface area contributed by atoms with Crippen LogP contribution >= 0.6 is 11.6 Å². The molecule has 4 nitrogen and oxygen atoms in total. The molecule has 1 fully saturated rings. The topological polar surface area (TPSA) is 47.6 Å². The van der Waals surface area contributed by atoms with E-state index in [4.69, 9.17) is 21.1 Å². The number of esters is 1. The van der Waals surface area contributed by atoms with Crippen molar-refractivity contribution in [1.82, 2.24) is 5.32 Å². The molecule has 0 aliphatic carbocycles. The minimum absolute atomic E-state index is 0.0240. The molecule has 2 rings (SSSR count). The highest BCUT2D eigenvalue weighted by Gasteiger charge is 2.31. The quantitative estimate of drug-likeness (QED) is 0.865. The van der Waals surface area contributed by atoms with Crippen LogP contribution in [0.3, 0.4) is 0 Å². The first-order chi connectivity index (χ1) is 9.01. The van der Waals surface area contributed by atoms with Crippen LogP contribution in [0.4, 0.5) is 0 Å². The van der Waals surface area contributed by atoms with Gasteiger partial charge in [-0.25, -0.2) is 0 Å². The summed E-state index contributed by atoms with van der Waals surface area (Å²) in [7, 11) is 1.39. The molecule has 0 bridgehead atoms. The lowest BCUT2D eigenvalue weighted by molar-refractivity contribution is -0.142. The lowest BCUT2D eigenvalue weighted by Gasteiger charge is -2.15. The molecule has 0 aromatic heterocycles. The van der Waals surface area contributed by atoms with Gasteiger partial charge in [-0.2, -0.15) is 0 Å². The van der Waals surface area contributed by atoms with Crippen LogP contribution in [0.1, 0.15) is 17.5 Å². The number of carbonyl (C=O) groups is 1. The molecular formula is C14H18ClNO3. The maximum Gasteiger partial charge on any atom is 0.323 e. The van der Waals surface area contributed by atoms with Crippen LogP contribution in [-0.2, 0) is 9.53 Å². The third-order valence-corrected chi connectivity index (χ3v) is 3.89. The zero-order valence-electron chi connectivity index (χ0n) is 11.3. The zero-order valence-corrected chi connectivity index (χ0v) is 12.1. The van der Waals surface area contributed by atoms with Gasteiger partial charge in [0.2, 0.25) is 0 Å². The van der Waals surface area contributed by atoms with E-state index in [0.717, 1.165) is 21.9 Å². The van der Waals surface area contributed by atoms with E-state index in [9.17, 15) is 4.79 Å². The number of benzene rings is 1. The lowest BCUT2D eigenvalue weighted by Crippen LogP contribution is -2.31. The summed E-state index contributed by atoms with van der Waals surface area (Å²) in [6.45, 7) is 4.54. The van der Waals surface area contributed by atoms with Crippen molar-refractivity contribution in [3.05, 3.63) is 28.3 Å². The highest BCUT2D eigenvalue weighted by Crippen LogP contribution is 2.27. The highest BCUT2D eigenvalue weighted by molar-refractivity contribution is 6.32. The van der Waals surface area contributed by atoms with Crippen LogP contribution in [0.2, 0.25) is 5.02 Å². The maximum atomic E-state index is 11.4. The second-order valence-corrected chi connectivity index (χ2v) is 5.21. The van der Waals surface area contributed by atoms with Gasteiger partial charge in [0, 0.05) is 18.0 Å². The van der Waals surface area contributed by atoms with Gasteiger partial charge in [0.15, 0.2) is 0 Å². The standard InChI is InChI=1S/C14H18ClNO3/c1-8-4-10(5-9(2)13(8)15)19-11-6-12(16-7-11)14(17)18-3/h4-5,11-12,16H,6-7H2,1-3H3/t11-,12-/m1/s1. The number of aryl methyl sites for hydroxylation is 2. The first kappa shape index (κ1) is 14.2. The molecule has 1 aromatic rings. The number of methoxy groups -OCH3 is 1. The van der Waals surface area contributed by atoms with Gasteiger partial charge in [-0.05, 0) is 37.1 Å². The van der Waals surface area contributed by atoms with Crippen LogP contribution in [0.5, 0.6) is 5.75 Å². The smallest absolute Gasteiger partial charge is 0.323 e. The van der Waals surface area contributed by atoms with Crippen LogP contribution < -0.4 is 10.1 Å². The molecule has 104 valence electrons. The molecule has 0 unspecified atom stereocenters. The first-order valence-corrected chi connectivity index (χ1v) is 6.63. The molecule has 19 heavy (non-hydrogen) atoms. The van der Waals surface area contributed by atoms with E-state index in [2.05, 4.69) is 5.32 Å². The van der Waals surface area contributed by atoms with Gasteiger partial charge < -0.3 is 14.8 Å². The first-order valence-electron chi connectivity index (χ1n) is 6.26. The Morgan fingerprint density at radius 2 is 2.00 bits per heavy atom. The minimum atomic E-state index is -0.274. The Kier molecular flexibility index (Phi) is 4.32. The summed E-state index contributed by atoms with van der Waals surface area (Å²) >= 11 is 6.12. The van der Waals surface area contributed by atoms with Gasteiger partial charge in [-0.3, -0.25) is 4.79 Å². The molecular weight excluding hydrogens is 266 g/mol. The van der Waals surface area contributed by atoms with Crippen molar-refractivity contribution in [2.24, 2.45) is 0 Å². The highest BCUT2D eigenvalue weighted by atomic mass is 35.5.